The molecule has 2 unspecified atom stereocenters. The van der Waals surface area contributed by atoms with Crippen LogP contribution in [-0.4, -0.2) is 43.3 Å². The lowest BCUT2D eigenvalue weighted by Crippen LogP contribution is -2.27. The summed E-state index contributed by atoms with van der Waals surface area (Å²) in [5.41, 5.74) is 0.931. The van der Waals surface area contributed by atoms with E-state index in [1.807, 2.05) is 30.3 Å². The average Bonchev–Trinajstić information content (AvgIpc) is 4.09. The van der Waals surface area contributed by atoms with Crippen molar-refractivity contribution in [1.29, 1.82) is 0 Å². The molecule has 0 amide bonds. The third-order valence-electron chi connectivity index (χ3n) is 11.3. The van der Waals surface area contributed by atoms with Gasteiger partial charge in [-0.2, -0.15) is 0 Å². The highest BCUT2D eigenvalue weighted by Crippen LogP contribution is 2.36. The molecule has 2 atom stereocenters. The van der Waals surface area contributed by atoms with Crippen LogP contribution in [0.2, 0.25) is 0 Å². The van der Waals surface area contributed by atoms with Gasteiger partial charge < -0.3 is 23.7 Å². The second-order valence-corrected chi connectivity index (χ2v) is 15.2. The number of unbranched alkanes of at least 4 members (excludes halogenated alkanes) is 4. The minimum absolute atomic E-state index is 0.0770. The highest BCUT2D eigenvalue weighted by Gasteiger charge is 2.31. The summed E-state index contributed by atoms with van der Waals surface area (Å²) in [6.45, 7) is 1.95. The zero-order chi connectivity index (χ0) is 34.5. The van der Waals surface area contributed by atoms with E-state index in [2.05, 4.69) is 0 Å². The van der Waals surface area contributed by atoms with Crippen molar-refractivity contribution in [2.24, 2.45) is 23.7 Å². The number of epoxide rings is 2. The minimum Gasteiger partial charge on any atom is -0.457 e. The summed E-state index contributed by atoms with van der Waals surface area (Å²) in [6.07, 6.45) is 20.6. The van der Waals surface area contributed by atoms with Gasteiger partial charge in [0.15, 0.2) is 0 Å². The molecule has 8 heteroatoms. The van der Waals surface area contributed by atoms with E-state index in [9.17, 15) is 14.4 Å². The number of hydrogen-bond donors (Lipinski definition) is 0. The summed E-state index contributed by atoms with van der Waals surface area (Å²) in [4.78, 5) is 40.0. The molecule has 2 heterocycles. The number of hydrogen-bond acceptors (Lipinski definition) is 8. The fourth-order valence-electron chi connectivity index (χ4n) is 7.82. The van der Waals surface area contributed by atoms with Gasteiger partial charge in [0.2, 0.25) is 0 Å². The van der Waals surface area contributed by atoms with Crippen molar-refractivity contribution in [3.8, 4) is 11.5 Å². The Kier molecular flexibility index (Phi) is 13.8. The zero-order valence-electron chi connectivity index (χ0n) is 29.7. The van der Waals surface area contributed by atoms with Crippen molar-refractivity contribution in [2.75, 3.05) is 13.2 Å². The Labute approximate surface area is 297 Å². The Morgan fingerprint density at radius 3 is 1.66 bits per heavy atom. The first kappa shape index (κ1) is 36.6. The van der Waals surface area contributed by atoms with Crippen LogP contribution in [0.5, 0.6) is 11.5 Å². The van der Waals surface area contributed by atoms with Gasteiger partial charge in [-0.15, -0.1) is 0 Å². The summed E-state index contributed by atoms with van der Waals surface area (Å²) in [6, 6.07) is 14.1. The molecule has 2 saturated heterocycles. The van der Waals surface area contributed by atoms with Crippen molar-refractivity contribution >= 4 is 17.9 Å². The number of carbonyl (C=O) groups is 3. The highest BCUT2D eigenvalue weighted by atomic mass is 16.6. The first-order chi connectivity index (χ1) is 24.5. The molecule has 0 N–H and O–H groups in total. The number of carbonyl (C=O) groups excluding carboxylic acids is 3. The zero-order valence-corrected chi connectivity index (χ0v) is 29.7. The Bertz CT molecular complexity index is 1370. The van der Waals surface area contributed by atoms with Crippen LogP contribution in [0, 0.1) is 23.7 Å². The molecule has 0 radical (unpaired) electrons. The largest absolute Gasteiger partial charge is 0.457 e. The molecular formula is C42H56O8. The maximum Gasteiger partial charge on any atom is 0.342 e. The summed E-state index contributed by atoms with van der Waals surface area (Å²) >= 11 is 0. The molecule has 50 heavy (non-hydrogen) atoms. The molecule has 2 aromatic carbocycles. The third-order valence-corrected chi connectivity index (χ3v) is 11.3. The van der Waals surface area contributed by atoms with Crippen LogP contribution in [0.4, 0.5) is 0 Å². The molecule has 2 aliphatic carbocycles. The first-order valence-corrected chi connectivity index (χ1v) is 19.5. The SMILES string of the molecule is O=C(OCc1ccccc1)c1cc(OC(=O)C2CCC(CCCCCC3CO3)CC2)ccc1OC(=O)C1CCC(CCCCCC2CO2)CC1. The fraction of sp³-hybridized carbons (Fsp3) is 0.643. The van der Waals surface area contributed by atoms with E-state index in [0.717, 1.165) is 70.1 Å². The lowest BCUT2D eigenvalue weighted by molar-refractivity contribution is -0.141. The van der Waals surface area contributed by atoms with Crippen LogP contribution in [-0.2, 0) is 30.4 Å². The van der Waals surface area contributed by atoms with Gasteiger partial charge in [0.25, 0.3) is 0 Å². The molecule has 4 aliphatic rings. The average molecular weight is 689 g/mol. The van der Waals surface area contributed by atoms with E-state index in [0.29, 0.717) is 24.0 Å². The topological polar surface area (TPSA) is 104 Å². The Hall–Kier alpha value is -3.23. The van der Waals surface area contributed by atoms with Crippen LogP contribution < -0.4 is 9.47 Å². The van der Waals surface area contributed by atoms with Gasteiger partial charge in [0.05, 0.1) is 37.3 Å². The van der Waals surface area contributed by atoms with Crippen LogP contribution in [0.1, 0.15) is 131 Å². The van der Waals surface area contributed by atoms with Crippen molar-refractivity contribution in [3.05, 3.63) is 59.7 Å². The molecule has 4 fully saturated rings. The maximum atomic E-state index is 13.4. The quantitative estimate of drug-likeness (QED) is 0.0623. The van der Waals surface area contributed by atoms with Gasteiger partial charge in [-0.1, -0.05) is 81.7 Å². The second-order valence-electron chi connectivity index (χ2n) is 15.2. The van der Waals surface area contributed by atoms with Gasteiger partial charge in [0.1, 0.15) is 23.7 Å². The molecule has 272 valence electrons. The van der Waals surface area contributed by atoms with Crippen molar-refractivity contribution < 1.29 is 38.1 Å². The van der Waals surface area contributed by atoms with Crippen LogP contribution in [0.25, 0.3) is 0 Å². The third kappa shape index (κ3) is 11.9. The predicted molar refractivity (Wildman–Crippen MR) is 190 cm³/mol. The second kappa shape index (κ2) is 18.8. The van der Waals surface area contributed by atoms with Gasteiger partial charge in [-0.3, -0.25) is 9.59 Å². The molecule has 2 saturated carbocycles. The Morgan fingerprint density at radius 2 is 1.12 bits per heavy atom. The van der Waals surface area contributed by atoms with Gasteiger partial charge >= 0.3 is 17.9 Å². The highest BCUT2D eigenvalue weighted by molar-refractivity contribution is 5.94. The molecule has 8 nitrogen and oxygen atoms in total. The summed E-state index contributed by atoms with van der Waals surface area (Å²) < 4.78 is 28.0. The molecule has 0 bridgehead atoms. The lowest BCUT2D eigenvalue weighted by atomic mass is 9.79. The number of esters is 3. The summed E-state index contributed by atoms with van der Waals surface area (Å²) in [5, 5.41) is 0. The van der Waals surface area contributed by atoms with Crippen molar-refractivity contribution in [1.82, 2.24) is 0 Å². The smallest absolute Gasteiger partial charge is 0.342 e. The minimum atomic E-state index is -0.628. The van der Waals surface area contributed by atoms with E-state index in [4.69, 9.17) is 23.7 Å². The monoisotopic (exact) mass is 688 g/mol. The predicted octanol–water partition coefficient (Wildman–Crippen LogP) is 9.17. The van der Waals surface area contributed by atoms with Crippen molar-refractivity contribution in [3.63, 3.8) is 0 Å². The van der Waals surface area contributed by atoms with Crippen molar-refractivity contribution in [2.45, 2.75) is 134 Å². The van der Waals surface area contributed by atoms with E-state index in [1.54, 1.807) is 12.1 Å². The van der Waals surface area contributed by atoms with E-state index < -0.39 is 5.97 Å². The van der Waals surface area contributed by atoms with E-state index in [-0.39, 0.29) is 47.4 Å². The van der Waals surface area contributed by atoms with Crippen LogP contribution in [0.15, 0.2) is 48.5 Å². The number of benzene rings is 2. The summed E-state index contributed by atoms with van der Waals surface area (Å²) in [7, 11) is 0. The molecule has 6 rings (SSSR count). The molecule has 2 aliphatic heterocycles. The number of rotatable bonds is 19. The van der Waals surface area contributed by atoms with Crippen LogP contribution >= 0.6 is 0 Å². The molecule has 0 aromatic heterocycles. The van der Waals surface area contributed by atoms with Gasteiger partial charge in [0, 0.05) is 0 Å². The fourth-order valence-corrected chi connectivity index (χ4v) is 7.82. The first-order valence-electron chi connectivity index (χ1n) is 19.5. The van der Waals surface area contributed by atoms with Gasteiger partial charge in [-0.05, 0) is 99.8 Å². The van der Waals surface area contributed by atoms with E-state index in [1.165, 1.54) is 70.3 Å². The maximum absolute atomic E-state index is 13.4. The molecule has 2 aromatic rings. The molecule has 0 spiro atoms. The van der Waals surface area contributed by atoms with Gasteiger partial charge in [-0.25, -0.2) is 4.79 Å². The van der Waals surface area contributed by atoms with E-state index >= 15 is 0 Å². The normalized spacial score (nSPS) is 25.8. The Balaban J connectivity index is 0.992. The standard InChI is InChI=1S/C42H56O8/c43-40(33-20-16-30(17-21-33)10-4-2-8-14-36-28-46-36)49-35-24-25-39(38(26-35)42(45)48-27-32-12-6-1-7-13-32)50-41(44)34-22-18-31(19-23-34)11-5-3-9-15-37-29-47-37/h1,6-7,12-13,24-26,30-31,33-34,36-37H,2-5,8-11,14-23,27-29H2. The Morgan fingerprint density at radius 1 is 0.600 bits per heavy atom. The van der Waals surface area contributed by atoms with Crippen LogP contribution in [0.3, 0.4) is 0 Å². The number of ether oxygens (including phenoxy) is 5. The molecular weight excluding hydrogens is 632 g/mol. The lowest BCUT2D eigenvalue weighted by Gasteiger charge is -2.27. The summed E-state index contributed by atoms with van der Waals surface area (Å²) in [5.74, 6) is 0.154.